The second-order valence-corrected chi connectivity index (χ2v) is 4.99. The number of aromatic nitrogens is 2. The Labute approximate surface area is 110 Å². The molecule has 0 unspecified atom stereocenters. The molecule has 4 nitrogen and oxygen atoms in total. The first-order chi connectivity index (χ1) is 8.83. The van der Waals surface area contributed by atoms with Crippen molar-refractivity contribution in [2.45, 2.75) is 46.2 Å². The molecule has 0 saturated heterocycles. The molecule has 0 radical (unpaired) electrons. The van der Waals surface area contributed by atoms with Gasteiger partial charge in [-0.3, -0.25) is 4.68 Å². The molecule has 1 saturated carbocycles. The van der Waals surface area contributed by atoms with Gasteiger partial charge in [0.1, 0.15) is 0 Å². The van der Waals surface area contributed by atoms with Gasteiger partial charge in [0.05, 0.1) is 18.0 Å². The lowest BCUT2D eigenvalue weighted by Gasteiger charge is -2.07. The van der Waals surface area contributed by atoms with Crippen LogP contribution in [0, 0.1) is 5.92 Å². The highest BCUT2D eigenvalue weighted by atomic mass is 16.5. The van der Waals surface area contributed by atoms with Gasteiger partial charge in [-0.2, -0.15) is 5.10 Å². The Morgan fingerprint density at radius 2 is 2.28 bits per heavy atom. The third-order valence-corrected chi connectivity index (χ3v) is 3.36. The number of hydrogen-bond acceptors (Lipinski definition) is 3. The molecule has 18 heavy (non-hydrogen) atoms. The zero-order valence-corrected chi connectivity index (χ0v) is 11.6. The maximum Gasteiger partial charge on any atom is 0.0625 e. The summed E-state index contributed by atoms with van der Waals surface area (Å²) in [5.74, 6) is 0.860. The van der Waals surface area contributed by atoms with Gasteiger partial charge in [0, 0.05) is 26.2 Å². The van der Waals surface area contributed by atoms with Gasteiger partial charge in [0.25, 0.3) is 0 Å². The van der Waals surface area contributed by atoms with Crippen molar-refractivity contribution in [1.82, 2.24) is 15.1 Å². The Hall–Kier alpha value is -0.870. The fourth-order valence-electron chi connectivity index (χ4n) is 2.00. The standard InChI is InChI=1S/C14H25N3O/c1-3-13-9-14(17(4-2)16-13)10-15-7-8-18-11-12-5-6-12/h9,12,15H,3-8,10-11H2,1-2H3. The minimum Gasteiger partial charge on any atom is -0.380 e. The number of ether oxygens (including phenoxy) is 1. The van der Waals surface area contributed by atoms with E-state index in [1.54, 1.807) is 0 Å². The first kappa shape index (κ1) is 13.6. The molecule has 1 N–H and O–H groups in total. The van der Waals surface area contributed by atoms with E-state index >= 15 is 0 Å². The second-order valence-electron chi connectivity index (χ2n) is 4.99. The SMILES string of the molecule is CCc1cc(CNCCOCC2CC2)n(CC)n1. The molecule has 1 heterocycles. The molecule has 0 amide bonds. The maximum atomic E-state index is 5.59. The molecule has 2 rings (SSSR count). The zero-order valence-electron chi connectivity index (χ0n) is 11.6. The molecule has 1 aromatic rings. The van der Waals surface area contributed by atoms with Crippen LogP contribution in [0.2, 0.25) is 0 Å². The third kappa shape index (κ3) is 4.10. The predicted molar refractivity (Wildman–Crippen MR) is 72.5 cm³/mol. The van der Waals surface area contributed by atoms with Crippen LogP contribution in [0.15, 0.2) is 6.07 Å². The Balaban J connectivity index is 1.63. The van der Waals surface area contributed by atoms with Gasteiger partial charge in [-0.05, 0) is 38.2 Å². The lowest BCUT2D eigenvalue weighted by atomic mass is 10.3. The van der Waals surface area contributed by atoms with Gasteiger partial charge in [0.15, 0.2) is 0 Å². The average Bonchev–Trinajstić information content (AvgIpc) is 3.12. The molecule has 4 heteroatoms. The number of nitrogens with one attached hydrogen (secondary N) is 1. The fraction of sp³-hybridized carbons (Fsp3) is 0.786. The molecule has 0 bridgehead atoms. The fourth-order valence-corrected chi connectivity index (χ4v) is 2.00. The van der Waals surface area contributed by atoms with E-state index in [4.69, 9.17) is 4.74 Å². The van der Waals surface area contributed by atoms with Crippen LogP contribution in [0.5, 0.6) is 0 Å². The molecule has 1 aliphatic carbocycles. The topological polar surface area (TPSA) is 39.1 Å². The van der Waals surface area contributed by atoms with Crippen LogP contribution in [-0.4, -0.2) is 29.5 Å². The summed E-state index contributed by atoms with van der Waals surface area (Å²) in [6.07, 6.45) is 3.73. The van der Waals surface area contributed by atoms with E-state index in [1.807, 2.05) is 0 Å². The second kappa shape index (κ2) is 6.90. The predicted octanol–water partition coefficient (Wildman–Crippen LogP) is 1.98. The summed E-state index contributed by atoms with van der Waals surface area (Å²) in [7, 11) is 0. The third-order valence-electron chi connectivity index (χ3n) is 3.36. The lowest BCUT2D eigenvalue weighted by molar-refractivity contribution is 0.126. The molecule has 1 fully saturated rings. The van der Waals surface area contributed by atoms with Crippen molar-refractivity contribution in [3.8, 4) is 0 Å². The molecule has 0 aliphatic heterocycles. The monoisotopic (exact) mass is 251 g/mol. The van der Waals surface area contributed by atoms with Crippen LogP contribution < -0.4 is 5.32 Å². The van der Waals surface area contributed by atoms with Crippen molar-refractivity contribution in [2.75, 3.05) is 19.8 Å². The highest BCUT2D eigenvalue weighted by molar-refractivity contribution is 5.10. The summed E-state index contributed by atoms with van der Waals surface area (Å²) in [6.45, 7) is 8.79. The highest BCUT2D eigenvalue weighted by Gasteiger charge is 2.20. The van der Waals surface area contributed by atoms with Crippen molar-refractivity contribution in [3.63, 3.8) is 0 Å². The molecule has 0 spiro atoms. The van der Waals surface area contributed by atoms with E-state index in [-0.39, 0.29) is 0 Å². The Bertz CT molecular complexity index is 358. The minimum absolute atomic E-state index is 0.817. The molecular weight excluding hydrogens is 226 g/mol. The minimum atomic E-state index is 0.817. The summed E-state index contributed by atoms with van der Waals surface area (Å²) < 4.78 is 7.67. The largest absolute Gasteiger partial charge is 0.380 e. The summed E-state index contributed by atoms with van der Waals surface area (Å²) in [4.78, 5) is 0. The summed E-state index contributed by atoms with van der Waals surface area (Å²) >= 11 is 0. The quantitative estimate of drug-likeness (QED) is 0.682. The van der Waals surface area contributed by atoms with Gasteiger partial charge >= 0.3 is 0 Å². The highest BCUT2D eigenvalue weighted by Crippen LogP contribution is 2.28. The number of rotatable bonds is 9. The number of nitrogens with zero attached hydrogens (tertiary/aromatic N) is 2. The molecular formula is C14H25N3O. The van der Waals surface area contributed by atoms with E-state index < -0.39 is 0 Å². The maximum absolute atomic E-state index is 5.59. The van der Waals surface area contributed by atoms with Gasteiger partial charge in [-0.1, -0.05) is 6.92 Å². The van der Waals surface area contributed by atoms with E-state index in [0.29, 0.717) is 0 Å². The Morgan fingerprint density at radius 1 is 1.44 bits per heavy atom. The van der Waals surface area contributed by atoms with Crippen molar-refractivity contribution >= 4 is 0 Å². The van der Waals surface area contributed by atoms with Crippen LogP contribution >= 0.6 is 0 Å². The van der Waals surface area contributed by atoms with Gasteiger partial charge < -0.3 is 10.1 Å². The van der Waals surface area contributed by atoms with Gasteiger partial charge in [-0.15, -0.1) is 0 Å². The first-order valence-corrected chi connectivity index (χ1v) is 7.17. The number of aryl methyl sites for hydroxylation is 2. The molecule has 0 atom stereocenters. The van der Waals surface area contributed by atoms with Crippen LogP contribution in [0.1, 0.15) is 38.1 Å². The molecule has 102 valence electrons. The Kier molecular flexibility index (Phi) is 5.20. The average molecular weight is 251 g/mol. The van der Waals surface area contributed by atoms with E-state index in [0.717, 1.165) is 45.2 Å². The van der Waals surface area contributed by atoms with Crippen molar-refractivity contribution in [2.24, 2.45) is 5.92 Å². The molecule has 1 aliphatic rings. The first-order valence-electron chi connectivity index (χ1n) is 7.17. The van der Waals surface area contributed by atoms with E-state index in [2.05, 4.69) is 35.0 Å². The molecule has 0 aromatic carbocycles. The van der Waals surface area contributed by atoms with Crippen molar-refractivity contribution in [1.29, 1.82) is 0 Å². The van der Waals surface area contributed by atoms with Crippen molar-refractivity contribution in [3.05, 3.63) is 17.5 Å². The zero-order chi connectivity index (χ0) is 12.8. The van der Waals surface area contributed by atoms with Gasteiger partial charge in [-0.25, -0.2) is 0 Å². The van der Waals surface area contributed by atoms with Crippen LogP contribution in [0.3, 0.4) is 0 Å². The van der Waals surface area contributed by atoms with Crippen molar-refractivity contribution < 1.29 is 4.74 Å². The lowest BCUT2D eigenvalue weighted by Crippen LogP contribution is -2.21. The van der Waals surface area contributed by atoms with Gasteiger partial charge in [0.2, 0.25) is 0 Å². The number of hydrogen-bond donors (Lipinski definition) is 1. The summed E-state index contributed by atoms with van der Waals surface area (Å²) in [6, 6.07) is 2.20. The smallest absolute Gasteiger partial charge is 0.0625 e. The van der Waals surface area contributed by atoms with E-state index in [9.17, 15) is 0 Å². The summed E-state index contributed by atoms with van der Waals surface area (Å²) in [5, 5.41) is 7.96. The Morgan fingerprint density at radius 3 is 2.94 bits per heavy atom. The normalized spacial score (nSPS) is 15.2. The van der Waals surface area contributed by atoms with E-state index in [1.165, 1.54) is 24.2 Å². The van der Waals surface area contributed by atoms with Crippen LogP contribution in [0.4, 0.5) is 0 Å². The van der Waals surface area contributed by atoms with Crippen LogP contribution in [-0.2, 0) is 24.2 Å². The van der Waals surface area contributed by atoms with Crippen LogP contribution in [0.25, 0.3) is 0 Å². The molecule has 1 aromatic heterocycles. The summed E-state index contributed by atoms with van der Waals surface area (Å²) in [5.41, 5.74) is 2.45.